The standard InChI is InChI=1S/C25H27N7O.C24H18N6O2.C7H15N/c1-30(22-13-6-3-7-14-22)25(33)31-17-23(26-18-31)20-11-8-12-21(15-20)24-27-29-32(28-24)16-19-9-4-2-5-10-19;31-24(32-21-12-5-2-6-13-21)29-16-22(25-17-29)19-10-7-11-20(14-19)23-26-28-30(27-23)15-18-8-3-1-4-9-18;1-8-7-5-3-2-4-6-7/h2,4-5,8-12,15,17-18,22H,3,6-7,13-14,16H2,1H3;1-14,16-17H,15H2;7-8H,2-6H2,1H3. The molecule has 2 fully saturated rings. The lowest BCUT2D eigenvalue weighted by atomic mass is 9.95. The highest BCUT2D eigenvalue weighted by Gasteiger charge is 2.24. The molecule has 17 heteroatoms. The first-order valence-electron chi connectivity index (χ1n) is 25.0. The summed E-state index contributed by atoms with van der Waals surface area (Å²) in [5, 5.41) is 29.1. The van der Waals surface area contributed by atoms with Crippen LogP contribution in [0.4, 0.5) is 9.59 Å². The van der Waals surface area contributed by atoms with Crippen LogP contribution < -0.4 is 10.1 Å². The van der Waals surface area contributed by atoms with Gasteiger partial charge in [-0.3, -0.25) is 4.57 Å². The predicted octanol–water partition coefficient (Wildman–Crippen LogP) is 10.3. The Kier molecular flexibility index (Phi) is 16.7. The van der Waals surface area contributed by atoms with Gasteiger partial charge in [-0.15, -0.1) is 20.4 Å². The van der Waals surface area contributed by atoms with Gasteiger partial charge in [0.15, 0.2) is 0 Å². The number of hydrogen-bond donors (Lipinski definition) is 1. The van der Waals surface area contributed by atoms with Gasteiger partial charge in [0, 0.05) is 53.8 Å². The first kappa shape index (κ1) is 49.5. The summed E-state index contributed by atoms with van der Waals surface area (Å²) in [6, 6.07) is 45.5. The third-order valence-corrected chi connectivity index (χ3v) is 13.1. The van der Waals surface area contributed by atoms with Crippen LogP contribution in [0.3, 0.4) is 0 Å². The number of imidazole rings is 2. The van der Waals surface area contributed by atoms with E-state index in [1.54, 1.807) is 57.1 Å². The number of aromatic nitrogens is 12. The van der Waals surface area contributed by atoms with Crippen molar-refractivity contribution in [2.75, 3.05) is 14.1 Å². The smallest absolute Gasteiger partial charge is 0.410 e. The van der Waals surface area contributed by atoms with Crippen LogP contribution in [0.15, 0.2) is 165 Å². The minimum absolute atomic E-state index is 0.0395. The summed E-state index contributed by atoms with van der Waals surface area (Å²) >= 11 is 0. The minimum atomic E-state index is -0.531. The number of nitrogens with zero attached hydrogens (tertiary/aromatic N) is 13. The van der Waals surface area contributed by atoms with Crippen molar-refractivity contribution in [3.63, 3.8) is 0 Å². The summed E-state index contributed by atoms with van der Waals surface area (Å²) in [5.41, 5.74) is 6.97. The minimum Gasteiger partial charge on any atom is -0.410 e. The molecule has 2 aliphatic rings. The van der Waals surface area contributed by atoms with Gasteiger partial charge >= 0.3 is 12.1 Å². The van der Waals surface area contributed by atoms with E-state index in [1.807, 2.05) is 127 Å². The molecule has 5 aromatic carbocycles. The first-order chi connectivity index (χ1) is 35.8. The molecule has 17 nitrogen and oxygen atoms in total. The second-order valence-corrected chi connectivity index (χ2v) is 18.2. The van der Waals surface area contributed by atoms with Crippen molar-refractivity contribution in [2.24, 2.45) is 0 Å². The van der Waals surface area contributed by atoms with E-state index in [4.69, 9.17) is 4.74 Å². The topological polar surface area (TPSA) is 181 Å². The number of amides is 1. The Bertz CT molecular complexity index is 3140. The van der Waals surface area contributed by atoms with Crippen molar-refractivity contribution < 1.29 is 14.3 Å². The number of carbonyl (C=O) groups excluding carboxylic acids is 2. The lowest BCUT2D eigenvalue weighted by Gasteiger charge is -2.31. The highest BCUT2D eigenvalue weighted by Crippen LogP contribution is 2.27. The number of para-hydroxylation sites is 1. The monoisotopic (exact) mass is 976 g/mol. The van der Waals surface area contributed by atoms with Crippen molar-refractivity contribution in [1.29, 1.82) is 0 Å². The normalized spacial score (nSPS) is 13.8. The Hall–Kier alpha value is -8.44. The number of carbonyl (C=O) groups is 2. The summed E-state index contributed by atoms with van der Waals surface area (Å²) in [6.45, 7) is 1.11. The summed E-state index contributed by atoms with van der Waals surface area (Å²) in [5.74, 6) is 1.55. The summed E-state index contributed by atoms with van der Waals surface area (Å²) in [4.78, 5) is 39.2. The van der Waals surface area contributed by atoms with Gasteiger partial charge in [-0.2, -0.15) is 9.59 Å². The van der Waals surface area contributed by atoms with Crippen LogP contribution in [-0.2, 0) is 13.1 Å². The zero-order chi connectivity index (χ0) is 50.2. The average molecular weight is 977 g/mol. The molecule has 372 valence electrons. The van der Waals surface area contributed by atoms with Crippen molar-refractivity contribution >= 4 is 12.1 Å². The number of ether oxygens (including phenoxy) is 1. The van der Waals surface area contributed by atoms with Gasteiger partial charge in [0.25, 0.3) is 0 Å². The molecular formula is C56H60N14O3. The molecule has 0 spiro atoms. The van der Waals surface area contributed by atoms with Gasteiger partial charge in [-0.1, -0.05) is 154 Å². The Morgan fingerprint density at radius 3 is 1.55 bits per heavy atom. The summed E-state index contributed by atoms with van der Waals surface area (Å²) in [6.07, 6.45) is 18.8. The fourth-order valence-corrected chi connectivity index (χ4v) is 8.97. The maximum atomic E-state index is 12.9. The molecular weight excluding hydrogens is 917 g/mol. The molecule has 0 unspecified atom stereocenters. The van der Waals surface area contributed by atoms with Crippen LogP contribution >= 0.6 is 0 Å². The Labute approximate surface area is 424 Å². The van der Waals surface area contributed by atoms with Gasteiger partial charge < -0.3 is 15.0 Å². The lowest BCUT2D eigenvalue weighted by Crippen LogP contribution is -2.40. The van der Waals surface area contributed by atoms with Gasteiger partial charge in [-0.25, -0.2) is 24.1 Å². The molecule has 73 heavy (non-hydrogen) atoms. The zero-order valence-corrected chi connectivity index (χ0v) is 41.3. The van der Waals surface area contributed by atoms with E-state index in [2.05, 4.69) is 53.2 Å². The second-order valence-electron chi connectivity index (χ2n) is 18.2. The molecule has 0 saturated heterocycles. The van der Waals surface area contributed by atoms with Crippen LogP contribution in [0.25, 0.3) is 45.3 Å². The predicted molar refractivity (Wildman–Crippen MR) is 279 cm³/mol. The highest BCUT2D eigenvalue weighted by atomic mass is 16.6. The molecule has 0 aliphatic heterocycles. The van der Waals surface area contributed by atoms with Gasteiger partial charge in [-0.05, 0) is 78.6 Å². The van der Waals surface area contributed by atoms with Crippen LogP contribution in [0, 0.1) is 0 Å². The van der Waals surface area contributed by atoms with E-state index < -0.39 is 6.09 Å². The Balaban J connectivity index is 0.000000156. The maximum Gasteiger partial charge on any atom is 0.424 e. The fraction of sp³-hybridized carbons (Fsp3) is 0.286. The van der Waals surface area contributed by atoms with Crippen molar-refractivity contribution in [3.05, 3.63) is 176 Å². The molecule has 4 aromatic heterocycles. The van der Waals surface area contributed by atoms with Gasteiger partial charge in [0.1, 0.15) is 18.4 Å². The molecule has 2 saturated carbocycles. The van der Waals surface area contributed by atoms with E-state index in [1.165, 1.54) is 62.3 Å². The fourth-order valence-electron chi connectivity index (χ4n) is 8.97. The van der Waals surface area contributed by atoms with E-state index in [0.717, 1.165) is 58.0 Å². The molecule has 4 heterocycles. The van der Waals surface area contributed by atoms with Crippen LogP contribution in [0.5, 0.6) is 5.75 Å². The van der Waals surface area contributed by atoms with Crippen molar-refractivity contribution in [2.45, 2.75) is 89.4 Å². The number of tetrazole rings is 2. The number of rotatable bonds is 11. The molecule has 11 rings (SSSR count). The molecule has 1 amide bonds. The molecule has 1 N–H and O–H groups in total. The first-order valence-corrected chi connectivity index (χ1v) is 25.0. The SMILES string of the molecule is CN(C(=O)n1cnc(-c2cccc(-c3nnn(Cc4ccccc4)n3)c2)c1)C1CCCCC1.CNC1CCCCC1.O=C(Oc1ccccc1)n1cnc(-c2cccc(-c3nnn(Cc4ccccc4)n3)c2)c1. The largest absolute Gasteiger partial charge is 0.424 e. The van der Waals surface area contributed by atoms with Crippen molar-refractivity contribution in [1.82, 2.24) is 69.7 Å². The van der Waals surface area contributed by atoms with Gasteiger partial charge in [0.2, 0.25) is 11.6 Å². The van der Waals surface area contributed by atoms with Crippen LogP contribution in [0.1, 0.15) is 75.3 Å². The van der Waals surface area contributed by atoms with Crippen LogP contribution in [-0.4, -0.2) is 103 Å². The lowest BCUT2D eigenvalue weighted by molar-refractivity contribution is 0.175. The molecule has 0 atom stereocenters. The van der Waals surface area contributed by atoms with Crippen LogP contribution in [0.2, 0.25) is 0 Å². The van der Waals surface area contributed by atoms with E-state index in [9.17, 15) is 9.59 Å². The van der Waals surface area contributed by atoms with E-state index in [-0.39, 0.29) is 6.03 Å². The summed E-state index contributed by atoms with van der Waals surface area (Å²) < 4.78 is 8.23. The van der Waals surface area contributed by atoms with Gasteiger partial charge in [0.05, 0.1) is 24.5 Å². The number of nitrogens with one attached hydrogen (secondary N) is 1. The second kappa shape index (κ2) is 24.6. The maximum absolute atomic E-state index is 12.9. The number of hydrogen-bond acceptors (Lipinski definition) is 12. The van der Waals surface area contributed by atoms with E-state index >= 15 is 0 Å². The molecule has 0 radical (unpaired) electrons. The molecule has 0 bridgehead atoms. The van der Waals surface area contributed by atoms with Crippen molar-refractivity contribution in [3.8, 4) is 51.0 Å². The molecule has 9 aromatic rings. The van der Waals surface area contributed by atoms with E-state index in [0.29, 0.717) is 42.2 Å². The third-order valence-electron chi connectivity index (χ3n) is 13.1. The third kappa shape index (κ3) is 13.5. The molecule has 2 aliphatic carbocycles. The average Bonchev–Trinajstić information content (AvgIpc) is 4.32. The Morgan fingerprint density at radius 1 is 0.575 bits per heavy atom. The Morgan fingerprint density at radius 2 is 1.04 bits per heavy atom. The quantitative estimate of drug-likeness (QED) is 0.130. The summed E-state index contributed by atoms with van der Waals surface area (Å²) in [7, 11) is 3.96. The zero-order valence-electron chi connectivity index (χ0n) is 41.3. The number of benzene rings is 5. The highest BCUT2D eigenvalue weighted by molar-refractivity contribution is 5.79.